The van der Waals surface area contributed by atoms with Crippen LogP contribution in [0.1, 0.15) is 13.8 Å². The molecule has 1 aliphatic heterocycles. The van der Waals surface area contributed by atoms with Crippen LogP contribution in [0.3, 0.4) is 0 Å². The second-order valence-corrected chi connectivity index (χ2v) is 3.68. The monoisotopic (exact) mass is 182 g/mol. The molecule has 2 atom stereocenters. The Morgan fingerprint density at radius 1 is 1.50 bits per heavy atom. The van der Waals surface area contributed by atoms with Crippen LogP contribution >= 0.6 is 11.6 Å². The van der Waals surface area contributed by atoms with Crippen molar-refractivity contribution in [1.29, 1.82) is 0 Å². The van der Waals surface area contributed by atoms with Gasteiger partial charge in [0.15, 0.2) is 0 Å². The van der Waals surface area contributed by atoms with Gasteiger partial charge in [0.05, 0.1) is 6.04 Å². The molecule has 2 nitrogen and oxygen atoms in total. The number of halogens is 1. The van der Waals surface area contributed by atoms with Gasteiger partial charge in [-0.15, -0.1) is 0 Å². The number of allylic oxidation sites excluding steroid dienone is 2. The lowest BCUT2D eigenvalue weighted by atomic mass is 9.88. The van der Waals surface area contributed by atoms with Gasteiger partial charge in [0.25, 0.3) is 0 Å². The van der Waals surface area contributed by atoms with Crippen LogP contribution in [0, 0.1) is 5.92 Å². The van der Waals surface area contributed by atoms with Crippen LogP contribution in [-0.2, 0) is 0 Å². The molecule has 12 heavy (non-hydrogen) atoms. The molecule has 2 rings (SSSR count). The Bertz CT molecular complexity index is 302. The Kier molecular flexibility index (Phi) is 1.72. The normalized spacial score (nSPS) is 33.1. The van der Waals surface area contributed by atoms with E-state index in [2.05, 4.69) is 16.6 Å². The molecular weight excluding hydrogens is 172 g/mol. The highest BCUT2D eigenvalue weighted by atomic mass is 35.5. The van der Waals surface area contributed by atoms with Crippen molar-refractivity contribution < 1.29 is 0 Å². The number of hydrogen-bond acceptors (Lipinski definition) is 2. The van der Waals surface area contributed by atoms with Crippen LogP contribution < -0.4 is 5.43 Å². The second kappa shape index (κ2) is 2.63. The SMILES string of the molecule is CC1=NNC2C(C)=C(Cl)C=CC12. The molecule has 1 heterocycles. The largest absolute Gasteiger partial charge is 0.302 e. The summed E-state index contributed by atoms with van der Waals surface area (Å²) in [4.78, 5) is 0. The molecule has 0 bridgehead atoms. The smallest absolute Gasteiger partial charge is 0.0779 e. The second-order valence-electron chi connectivity index (χ2n) is 3.28. The van der Waals surface area contributed by atoms with Crippen molar-refractivity contribution in [1.82, 2.24) is 5.43 Å². The average Bonchev–Trinajstić information content (AvgIpc) is 2.41. The van der Waals surface area contributed by atoms with Crippen molar-refractivity contribution >= 4 is 17.3 Å². The molecule has 0 amide bonds. The van der Waals surface area contributed by atoms with Gasteiger partial charge in [-0.25, -0.2) is 0 Å². The van der Waals surface area contributed by atoms with E-state index in [1.54, 1.807) is 0 Å². The molecule has 1 N–H and O–H groups in total. The van der Waals surface area contributed by atoms with E-state index in [1.165, 1.54) is 5.57 Å². The zero-order valence-electron chi connectivity index (χ0n) is 7.13. The molecular formula is C9H11ClN2. The predicted octanol–water partition coefficient (Wildman–Crippen LogP) is 2.03. The molecule has 2 aliphatic rings. The summed E-state index contributed by atoms with van der Waals surface area (Å²) in [5.74, 6) is 0.410. The summed E-state index contributed by atoms with van der Waals surface area (Å²) < 4.78 is 0. The highest BCUT2D eigenvalue weighted by Crippen LogP contribution is 2.29. The molecule has 0 aromatic rings. The van der Waals surface area contributed by atoms with Crippen molar-refractivity contribution in [2.75, 3.05) is 0 Å². The van der Waals surface area contributed by atoms with Gasteiger partial charge in [-0.1, -0.05) is 17.7 Å². The Morgan fingerprint density at radius 3 is 3.00 bits per heavy atom. The van der Waals surface area contributed by atoms with Gasteiger partial charge in [-0.3, -0.25) is 0 Å². The van der Waals surface area contributed by atoms with E-state index in [0.717, 1.165) is 10.7 Å². The van der Waals surface area contributed by atoms with Gasteiger partial charge in [0, 0.05) is 16.7 Å². The molecule has 2 unspecified atom stereocenters. The van der Waals surface area contributed by atoms with Crippen LogP contribution in [0.5, 0.6) is 0 Å². The Balaban J connectivity index is 2.34. The maximum atomic E-state index is 5.98. The molecule has 0 fully saturated rings. The molecule has 0 saturated carbocycles. The van der Waals surface area contributed by atoms with Crippen LogP contribution in [0.15, 0.2) is 27.9 Å². The van der Waals surface area contributed by atoms with Gasteiger partial charge in [-0.05, 0) is 25.5 Å². The zero-order chi connectivity index (χ0) is 8.72. The lowest BCUT2D eigenvalue weighted by Crippen LogP contribution is -2.31. The molecule has 64 valence electrons. The number of hydrazone groups is 1. The lowest BCUT2D eigenvalue weighted by molar-refractivity contribution is 0.589. The third kappa shape index (κ3) is 0.985. The van der Waals surface area contributed by atoms with E-state index in [1.807, 2.05) is 19.9 Å². The summed E-state index contributed by atoms with van der Waals surface area (Å²) in [6.45, 7) is 4.08. The van der Waals surface area contributed by atoms with E-state index < -0.39 is 0 Å². The van der Waals surface area contributed by atoms with Gasteiger partial charge in [0.1, 0.15) is 0 Å². The molecule has 0 aromatic heterocycles. The summed E-state index contributed by atoms with van der Waals surface area (Å²) in [5, 5.41) is 5.03. The highest BCUT2D eigenvalue weighted by molar-refractivity contribution is 6.31. The van der Waals surface area contributed by atoms with Crippen LogP contribution in [0.25, 0.3) is 0 Å². The summed E-state index contributed by atoms with van der Waals surface area (Å²) in [5.41, 5.74) is 5.41. The maximum absolute atomic E-state index is 5.98. The molecule has 0 saturated heterocycles. The first-order chi connectivity index (χ1) is 5.70. The summed E-state index contributed by atoms with van der Waals surface area (Å²) in [6, 6.07) is 0.294. The fourth-order valence-corrected chi connectivity index (χ4v) is 1.84. The zero-order valence-corrected chi connectivity index (χ0v) is 7.89. The first kappa shape index (κ1) is 7.87. The number of fused-ring (bicyclic) bond motifs is 1. The van der Waals surface area contributed by atoms with Crippen molar-refractivity contribution in [3.8, 4) is 0 Å². The number of rotatable bonds is 0. The Hall–Kier alpha value is -0.760. The topological polar surface area (TPSA) is 24.4 Å². The van der Waals surface area contributed by atoms with Crippen molar-refractivity contribution in [3.63, 3.8) is 0 Å². The molecule has 0 aromatic carbocycles. The third-order valence-electron chi connectivity index (χ3n) is 2.51. The van der Waals surface area contributed by atoms with Crippen LogP contribution in [-0.4, -0.2) is 11.8 Å². The van der Waals surface area contributed by atoms with E-state index >= 15 is 0 Å². The average molecular weight is 183 g/mol. The molecule has 0 radical (unpaired) electrons. The van der Waals surface area contributed by atoms with Gasteiger partial charge in [0.2, 0.25) is 0 Å². The minimum absolute atomic E-state index is 0.294. The maximum Gasteiger partial charge on any atom is 0.0779 e. The summed E-state index contributed by atoms with van der Waals surface area (Å²) in [6.07, 6.45) is 4.07. The van der Waals surface area contributed by atoms with E-state index in [9.17, 15) is 0 Å². The molecule has 1 aliphatic carbocycles. The van der Waals surface area contributed by atoms with Crippen LogP contribution in [0.2, 0.25) is 0 Å². The summed E-state index contributed by atoms with van der Waals surface area (Å²) >= 11 is 5.98. The first-order valence-electron chi connectivity index (χ1n) is 4.04. The number of nitrogens with zero attached hydrogens (tertiary/aromatic N) is 1. The predicted molar refractivity (Wildman–Crippen MR) is 51.2 cm³/mol. The number of nitrogens with one attached hydrogen (secondary N) is 1. The Labute approximate surface area is 77.0 Å². The van der Waals surface area contributed by atoms with E-state index in [0.29, 0.717) is 12.0 Å². The van der Waals surface area contributed by atoms with Crippen molar-refractivity contribution in [3.05, 3.63) is 22.8 Å². The fourth-order valence-electron chi connectivity index (χ4n) is 1.65. The molecule has 3 heteroatoms. The third-order valence-corrected chi connectivity index (χ3v) is 2.94. The lowest BCUT2D eigenvalue weighted by Gasteiger charge is -2.21. The van der Waals surface area contributed by atoms with Crippen LogP contribution in [0.4, 0.5) is 0 Å². The van der Waals surface area contributed by atoms with Gasteiger partial charge < -0.3 is 5.43 Å². The van der Waals surface area contributed by atoms with Gasteiger partial charge in [-0.2, -0.15) is 5.10 Å². The van der Waals surface area contributed by atoms with Crippen molar-refractivity contribution in [2.24, 2.45) is 11.0 Å². The minimum Gasteiger partial charge on any atom is -0.302 e. The molecule has 0 spiro atoms. The Morgan fingerprint density at radius 2 is 2.25 bits per heavy atom. The quantitative estimate of drug-likeness (QED) is 0.609. The van der Waals surface area contributed by atoms with E-state index in [-0.39, 0.29) is 0 Å². The van der Waals surface area contributed by atoms with E-state index in [4.69, 9.17) is 11.6 Å². The minimum atomic E-state index is 0.294. The van der Waals surface area contributed by atoms with Crippen molar-refractivity contribution in [2.45, 2.75) is 19.9 Å². The summed E-state index contributed by atoms with van der Waals surface area (Å²) in [7, 11) is 0. The number of hydrogen-bond donors (Lipinski definition) is 1. The first-order valence-corrected chi connectivity index (χ1v) is 4.42. The fraction of sp³-hybridized carbons (Fsp3) is 0.444. The highest BCUT2D eigenvalue weighted by Gasteiger charge is 2.31. The van der Waals surface area contributed by atoms with Gasteiger partial charge >= 0.3 is 0 Å². The standard InChI is InChI=1S/C9H11ClN2/c1-5-8(10)4-3-7-6(2)11-12-9(5)7/h3-4,7,9,12H,1-2H3.